The number of hydrogen-bond donors (Lipinski definition) is 4. The zero-order chi connectivity index (χ0) is 10.6. The van der Waals surface area contributed by atoms with E-state index in [2.05, 4.69) is 5.32 Å². The van der Waals surface area contributed by atoms with Gasteiger partial charge in [-0.2, -0.15) is 0 Å². The van der Waals surface area contributed by atoms with Crippen LogP contribution in [0.5, 0.6) is 0 Å². The van der Waals surface area contributed by atoms with Crippen molar-refractivity contribution in [1.82, 2.24) is 10.2 Å². The fourth-order valence-corrected chi connectivity index (χ4v) is 1.37. The summed E-state index contributed by atoms with van der Waals surface area (Å²) in [4.78, 5) is 12.6. The molecule has 6 nitrogen and oxygen atoms in total. The molecule has 1 fully saturated rings. The van der Waals surface area contributed by atoms with Crippen molar-refractivity contribution in [2.75, 3.05) is 39.5 Å². The Morgan fingerprint density at radius 2 is 1.86 bits per heavy atom. The fraction of sp³-hybridized carbons (Fsp3) is 0.875. The molecule has 0 unspecified atom stereocenters. The molecule has 0 radical (unpaired) electrons. The molecular weight excluding hydrogens is 188 g/mol. The third-order valence-electron chi connectivity index (χ3n) is 2.48. The van der Waals surface area contributed by atoms with Gasteiger partial charge in [-0.15, -0.1) is 0 Å². The van der Waals surface area contributed by atoms with Crippen molar-refractivity contribution in [3.63, 3.8) is 0 Å². The molecule has 1 heterocycles. The Labute approximate surface area is 82.1 Å². The van der Waals surface area contributed by atoms with Gasteiger partial charge in [0.25, 0.3) is 0 Å². The second-order valence-electron chi connectivity index (χ2n) is 3.63. The second-order valence-corrected chi connectivity index (χ2v) is 3.63. The van der Waals surface area contributed by atoms with Gasteiger partial charge in [-0.3, -0.25) is 0 Å². The van der Waals surface area contributed by atoms with Crippen LogP contribution in [0.2, 0.25) is 0 Å². The maximum absolute atomic E-state index is 11.2. The van der Waals surface area contributed by atoms with Crippen LogP contribution in [0.25, 0.3) is 0 Å². The average Bonchev–Trinajstić information content (AvgIpc) is 2.61. The first-order valence-corrected chi connectivity index (χ1v) is 4.53. The lowest BCUT2D eigenvalue weighted by Gasteiger charge is -2.31. The minimum Gasteiger partial charge on any atom is -0.396 e. The molecule has 4 N–H and O–H groups in total. The number of aliphatic hydroxyl groups is 3. The highest BCUT2D eigenvalue weighted by atomic mass is 16.3. The highest BCUT2D eigenvalue weighted by Crippen LogP contribution is 2.17. The van der Waals surface area contributed by atoms with Crippen LogP contribution in [0.1, 0.15) is 0 Å². The number of aliphatic hydroxyl groups excluding tert-OH is 3. The lowest BCUT2D eigenvalue weighted by atomic mass is 9.90. The predicted octanol–water partition coefficient (Wildman–Crippen LogP) is -2.03. The number of urea groups is 1. The van der Waals surface area contributed by atoms with Crippen LogP contribution in [0.15, 0.2) is 0 Å². The van der Waals surface area contributed by atoms with Crippen molar-refractivity contribution >= 4 is 6.03 Å². The largest absolute Gasteiger partial charge is 0.396 e. The molecule has 0 aromatic heterocycles. The molecule has 0 aromatic carbocycles. The van der Waals surface area contributed by atoms with Gasteiger partial charge in [0.15, 0.2) is 0 Å². The van der Waals surface area contributed by atoms with Crippen LogP contribution >= 0.6 is 0 Å². The summed E-state index contributed by atoms with van der Waals surface area (Å²) in [5.74, 6) is 0. The predicted molar refractivity (Wildman–Crippen MR) is 48.7 cm³/mol. The van der Waals surface area contributed by atoms with Crippen molar-refractivity contribution < 1.29 is 20.1 Å². The van der Waals surface area contributed by atoms with Crippen molar-refractivity contribution in [1.29, 1.82) is 0 Å². The Morgan fingerprint density at radius 1 is 1.29 bits per heavy atom. The number of nitrogens with zero attached hydrogens (tertiary/aromatic N) is 1. The molecule has 14 heavy (non-hydrogen) atoms. The zero-order valence-electron chi connectivity index (χ0n) is 7.94. The second kappa shape index (κ2) is 4.59. The summed E-state index contributed by atoms with van der Waals surface area (Å²) < 4.78 is 0. The van der Waals surface area contributed by atoms with Gasteiger partial charge in [-0.1, -0.05) is 0 Å². The van der Waals surface area contributed by atoms with Crippen LogP contribution in [0.3, 0.4) is 0 Å². The van der Waals surface area contributed by atoms with Crippen LogP contribution in [-0.2, 0) is 0 Å². The van der Waals surface area contributed by atoms with Crippen LogP contribution in [0.4, 0.5) is 4.79 Å². The molecule has 0 aromatic rings. The number of nitrogens with one attached hydrogen (secondary N) is 1. The Balaban J connectivity index is 2.58. The number of amides is 2. The van der Waals surface area contributed by atoms with Gasteiger partial charge in [-0.25, -0.2) is 4.79 Å². The lowest BCUT2D eigenvalue weighted by Crippen LogP contribution is -2.46. The first-order valence-electron chi connectivity index (χ1n) is 4.53. The maximum Gasteiger partial charge on any atom is 0.317 e. The summed E-state index contributed by atoms with van der Waals surface area (Å²) >= 11 is 0. The number of hydrogen-bond acceptors (Lipinski definition) is 4. The summed E-state index contributed by atoms with van der Waals surface area (Å²) in [6.45, 7) is 0.247. The summed E-state index contributed by atoms with van der Waals surface area (Å²) in [6, 6.07) is -0.218. The number of rotatable bonds is 5. The Bertz CT molecular complexity index is 197. The van der Waals surface area contributed by atoms with Gasteiger partial charge in [0.1, 0.15) is 0 Å². The van der Waals surface area contributed by atoms with Crippen molar-refractivity contribution in [2.24, 2.45) is 5.41 Å². The van der Waals surface area contributed by atoms with Gasteiger partial charge in [-0.05, 0) is 0 Å². The van der Waals surface area contributed by atoms with E-state index in [1.807, 2.05) is 0 Å². The van der Waals surface area contributed by atoms with Crippen LogP contribution in [0, 0.1) is 5.41 Å². The highest BCUT2D eigenvalue weighted by Gasteiger charge is 2.34. The van der Waals surface area contributed by atoms with Gasteiger partial charge in [0.05, 0.1) is 25.2 Å². The van der Waals surface area contributed by atoms with E-state index in [-0.39, 0.29) is 32.4 Å². The standard InChI is InChI=1S/C8H16N2O4/c11-4-8(5-12,6-13)3-10-2-1-9-7(10)14/h11-13H,1-6H2,(H,9,14). The Kier molecular flexibility index (Phi) is 3.68. The maximum atomic E-state index is 11.2. The quantitative estimate of drug-likeness (QED) is 0.416. The van der Waals surface area contributed by atoms with E-state index in [0.717, 1.165) is 0 Å². The molecule has 0 bridgehead atoms. The van der Waals surface area contributed by atoms with E-state index in [9.17, 15) is 4.79 Å². The lowest BCUT2D eigenvalue weighted by molar-refractivity contribution is -0.00917. The van der Waals surface area contributed by atoms with E-state index in [1.165, 1.54) is 4.90 Å². The molecule has 1 aliphatic rings. The summed E-state index contributed by atoms with van der Waals surface area (Å²) in [7, 11) is 0. The molecule has 0 saturated carbocycles. The number of carbonyl (C=O) groups excluding carboxylic acids is 1. The van der Waals surface area contributed by atoms with Crippen molar-refractivity contribution in [2.45, 2.75) is 0 Å². The van der Waals surface area contributed by atoms with E-state index >= 15 is 0 Å². The third-order valence-corrected chi connectivity index (χ3v) is 2.48. The fourth-order valence-electron chi connectivity index (χ4n) is 1.37. The third kappa shape index (κ3) is 2.14. The molecule has 1 aliphatic heterocycles. The molecule has 82 valence electrons. The molecule has 0 atom stereocenters. The smallest absolute Gasteiger partial charge is 0.317 e. The van der Waals surface area contributed by atoms with E-state index in [1.54, 1.807) is 0 Å². The topological polar surface area (TPSA) is 93.0 Å². The van der Waals surface area contributed by atoms with Gasteiger partial charge < -0.3 is 25.5 Å². The molecular formula is C8H16N2O4. The summed E-state index contributed by atoms with van der Waals surface area (Å²) in [6.07, 6.45) is 0. The summed E-state index contributed by atoms with van der Waals surface area (Å²) in [5.41, 5.74) is -0.998. The van der Waals surface area contributed by atoms with E-state index < -0.39 is 5.41 Å². The molecule has 6 heteroatoms. The SMILES string of the molecule is O=C1NCCN1CC(CO)(CO)CO. The molecule has 1 saturated heterocycles. The first-order chi connectivity index (χ1) is 6.67. The van der Waals surface area contributed by atoms with Gasteiger partial charge >= 0.3 is 6.03 Å². The minimum atomic E-state index is -0.998. The normalized spacial score (nSPS) is 17.4. The number of carbonyl (C=O) groups is 1. The van der Waals surface area contributed by atoms with E-state index in [4.69, 9.17) is 15.3 Å². The monoisotopic (exact) mass is 204 g/mol. The first kappa shape index (κ1) is 11.2. The van der Waals surface area contributed by atoms with Crippen LogP contribution < -0.4 is 5.32 Å². The van der Waals surface area contributed by atoms with Crippen LogP contribution in [-0.4, -0.2) is 65.7 Å². The van der Waals surface area contributed by atoms with Crippen molar-refractivity contribution in [3.05, 3.63) is 0 Å². The van der Waals surface area contributed by atoms with Gasteiger partial charge in [0, 0.05) is 19.6 Å². The molecule has 1 rings (SSSR count). The molecule has 2 amide bonds. The Hall–Kier alpha value is -0.850. The highest BCUT2D eigenvalue weighted by molar-refractivity contribution is 5.76. The van der Waals surface area contributed by atoms with Gasteiger partial charge in [0.2, 0.25) is 0 Å². The molecule has 0 spiro atoms. The summed E-state index contributed by atoms with van der Waals surface area (Å²) in [5, 5.41) is 29.7. The molecule has 0 aliphatic carbocycles. The zero-order valence-corrected chi connectivity index (χ0v) is 7.94. The average molecular weight is 204 g/mol. The minimum absolute atomic E-state index is 0.169. The van der Waals surface area contributed by atoms with Crippen molar-refractivity contribution in [3.8, 4) is 0 Å². The van der Waals surface area contributed by atoms with E-state index in [0.29, 0.717) is 13.1 Å². The Morgan fingerprint density at radius 3 is 2.21 bits per heavy atom.